The van der Waals surface area contributed by atoms with Crippen LogP contribution in [0.2, 0.25) is 13.1 Å². The van der Waals surface area contributed by atoms with E-state index in [1.807, 2.05) is 60.7 Å². The molecule has 1 radical (unpaired) electrons. The van der Waals surface area contributed by atoms with Gasteiger partial charge in [-0.25, -0.2) is 24.3 Å². The van der Waals surface area contributed by atoms with Gasteiger partial charge in [0.25, 0.3) is 0 Å². The Morgan fingerprint density at radius 1 is 0.667 bits per heavy atom. The monoisotopic (exact) mass is 341 g/mol. The second-order valence-corrected chi connectivity index (χ2v) is 3.66. The van der Waals surface area contributed by atoms with Gasteiger partial charge in [-0.05, 0) is 0 Å². The molecular weight excluding hydrogens is 319 g/mol. The smallest absolute Gasteiger partial charge is 0.857 e. The molecule has 0 saturated heterocycles. The van der Waals surface area contributed by atoms with Crippen LogP contribution in [-0.2, 0) is 26.2 Å². The van der Waals surface area contributed by atoms with E-state index in [9.17, 15) is 0 Å². The van der Waals surface area contributed by atoms with Gasteiger partial charge in [0.15, 0.2) is 0 Å². The summed E-state index contributed by atoms with van der Waals surface area (Å²) in [5, 5.41) is 16.5. The maximum Gasteiger partial charge on any atom is 4.00 e. The Kier molecular flexibility index (Phi) is 52.6. The SMILES string of the molecule is C[O-].C[O-].C[SiH]C.[Zr+4].c1cc[cH-]c1.c1cc[cH-]c1. The molecule has 2 rings (SSSR count). The Hall–Kier alpha value is -0.280. The van der Waals surface area contributed by atoms with Crippen molar-refractivity contribution in [1.82, 2.24) is 0 Å². The van der Waals surface area contributed by atoms with Gasteiger partial charge < -0.3 is 10.2 Å². The molecule has 0 N–H and O–H groups in total. The summed E-state index contributed by atoms with van der Waals surface area (Å²) >= 11 is 0. The van der Waals surface area contributed by atoms with Gasteiger partial charge in [0.2, 0.25) is 0 Å². The predicted molar refractivity (Wildman–Crippen MR) is 74.8 cm³/mol. The van der Waals surface area contributed by atoms with E-state index in [1.165, 1.54) is 0 Å². The van der Waals surface area contributed by atoms with Crippen LogP contribution in [0.5, 0.6) is 0 Å². The van der Waals surface area contributed by atoms with Crippen LogP contribution in [0.4, 0.5) is 0 Å². The van der Waals surface area contributed by atoms with Crippen LogP contribution in [-0.4, -0.2) is 23.7 Å². The van der Waals surface area contributed by atoms with Crippen LogP contribution in [0, 0.1) is 0 Å². The van der Waals surface area contributed by atoms with Crippen molar-refractivity contribution in [2.45, 2.75) is 13.1 Å². The second-order valence-electron chi connectivity index (χ2n) is 2.50. The fraction of sp³-hybridized carbons (Fsp3) is 0.286. The number of rotatable bonds is 0. The van der Waals surface area contributed by atoms with Gasteiger partial charge in [0.1, 0.15) is 0 Å². The van der Waals surface area contributed by atoms with E-state index in [0.717, 1.165) is 23.7 Å². The van der Waals surface area contributed by atoms with E-state index in [-0.39, 0.29) is 26.2 Å². The summed E-state index contributed by atoms with van der Waals surface area (Å²) in [6.07, 6.45) is 0. The summed E-state index contributed by atoms with van der Waals surface area (Å²) in [4.78, 5) is 0. The van der Waals surface area contributed by atoms with E-state index < -0.39 is 0 Å². The van der Waals surface area contributed by atoms with Crippen LogP contribution in [0.1, 0.15) is 0 Å². The Morgan fingerprint density at radius 3 is 0.889 bits per heavy atom. The first-order valence-electron chi connectivity index (χ1n) is 5.30. The standard InChI is InChI=1S/2C5H5.C2H7Si.2CH3O.Zr/c2*1-2-4-5-3-1;1-3-2;2*1-2;/h2*1-5H;3H,1-2H3;2*1H3;/q2*-1;;2*-1;+4. The molecule has 2 aromatic carbocycles. The zero-order chi connectivity index (χ0) is 13.8. The van der Waals surface area contributed by atoms with Crippen LogP contribution in [0.15, 0.2) is 60.7 Å². The largest absolute Gasteiger partial charge is 4.00 e. The zero-order valence-electron chi connectivity index (χ0n) is 11.7. The van der Waals surface area contributed by atoms with E-state index in [4.69, 9.17) is 10.2 Å². The summed E-state index contributed by atoms with van der Waals surface area (Å²) in [5.74, 6) is 0. The maximum absolute atomic E-state index is 8.25. The first kappa shape index (κ1) is 26.3. The van der Waals surface area contributed by atoms with Crippen molar-refractivity contribution in [2.75, 3.05) is 14.2 Å². The third-order valence-corrected chi connectivity index (χ3v) is 1.11. The van der Waals surface area contributed by atoms with Crippen LogP contribution in [0.3, 0.4) is 0 Å². The summed E-state index contributed by atoms with van der Waals surface area (Å²) in [5.41, 5.74) is 0. The Morgan fingerprint density at radius 2 is 0.833 bits per heavy atom. The minimum absolute atomic E-state index is 0. The zero-order valence-corrected chi connectivity index (χ0v) is 15.3. The van der Waals surface area contributed by atoms with E-state index in [1.54, 1.807) is 0 Å². The molecule has 4 heteroatoms. The molecule has 0 unspecified atom stereocenters. The van der Waals surface area contributed by atoms with Gasteiger partial charge in [-0.15, -0.1) is 0 Å². The molecular formula is C14H23O2SiZr. The summed E-state index contributed by atoms with van der Waals surface area (Å²) < 4.78 is 0. The molecule has 0 spiro atoms. The number of hydrogen-bond acceptors (Lipinski definition) is 2. The van der Waals surface area contributed by atoms with Gasteiger partial charge in [-0.3, -0.25) is 0 Å². The molecule has 0 aliphatic heterocycles. The third-order valence-electron chi connectivity index (χ3n) is 1.11. The molecule has 0 heterocycles. The molecule has 99 valence electrons. The fourth-order valence-corrected chi connectivity index (χ4v) is 0.642. The number of hydrogen-bond donors (Lipinski definition) is 0. The first-order valence-corrected chi connectivity index (χ1v) is 7.61. The molecule has 0 atom stereocenters. The molecule has 0 fully saturated rings. The van der Waals surface area contributed by atoms with Crippen molar-refractivity contribution >= 4 is 9.52 Å². The molecule has 0 amide bonds. The van der Waals surface area contributed by atoms with Gasteiger partial charge in [0, 0.05) is 9.52 Å². The third kappa shape index (κ3) is 36.1. The minimum Gasteiger partial charge on any atom is -0.857 e. The van der Waals surface area contributed by atoms with Gasteiger partial charge in [-0.1, -0.05) is 13.1 Å². The molecule has 0 aliphatic carbocycles. The molecule has 0 aromatic heterocycles. The van der Waals surface area contributed by atoms with E-state index in [2.05, 4.69) is 13.1 Å². The van der Waals surface area contributed by atoms with E-state index >= 15 is 0 Å². The van der Waals surface area contributed by atoms with Crippen LogP contribution >= 0.6 is 0 Å². The van der Waals surface area contributed by atoms with Crippen molar-refractivity contribution < 1.29 is 36.4 Å². The molecule has 0 saturated carbocycles. The van der Waals surface area contributed by atoms with Gasteiger partial charge >= 0.3 is 26.2 Å². The normalized spacial score (nSPS) is 6.11. The Balaban J connectivity index is -0.0000000719. The summed E-state index contributed by atoms with van der Waals surface area (Å²) in [6, 6.07) is 20.0. The van der Waals surface area contributed by atoms with Crippen LogP contribution in [0.25, 0.3) is 0 Å². The van der Waals surface area contributed by atoms with Crippen molar-refractivity contribution in [3.05, 3.63) is 60.7 Å². The van der Waals surface area contributed by atoms with Crippen molar-refractivity contribution in [1.29, 1.82) is 0 Å². The fourth-order valence-electron chi connectivity index (χ4n) is 0.642. The molecule has 0 aliphatic rings. The maximum atomic E-state index is 8.25. The van der Waals surface area contributed by atoms with Crippen molar-refractivity contribution in [2.24, 2.45) is 0 Å². The Bertz CT molecular complexity index is 171. The van der Waals surface area contributed by atoms with Gasteiger partial charge in [0.05, 0.1) is 0 Å². The van der Waals surface area contributed by atoms with Crippen LogP contribution < -0.4 is 10.2 Å². The average molecular weight is 343 g/mol. The van der Waals surface area contributed by atoms with E-state index in [0.29, 0.717) is 0 Å². The average Bonchev–Trinajstić information content (AvgIpc) is 3.13. The topological polar surface area (TPSA) is 46.1 Å². The minimum atomic E-state index is 0. The summed E-state index contributed by atoms with van der Waals surface area (Å²) in [7, 11) is 2.25. The predicted octanol–water partition coefficient (Wildman–Crippen LogP) is 1.28. The molecule has 0 bridgehead atoms. The Labute approximate surface area is 133 Å². The first-order chi connectivity index (χ1) is 8.41. The molecule has 2 nitrogen and oxygen atoms in total. The molecule has 2 aromatic rings. The quantitative estimate of drug-likeness (QED) is 0.535. The summed E-state index contributed by atoms with van der Waals surface area (Å²) in [6.45, 7) is 4.42. The molecule has 18 heavy (non-hydrogen) atoms. The van der Waals surface area contributed by atoms with Crippen molar-refractivity contribution in [3.63, 3.8) is 0 Å². The van der Waals surface area contributed by atoms with Gasteiger partial charge in [-0.2, -0.15) is 50.6 Å². The van der Waals surface area contributed by atoms with Crippen molar-refractivity contribution in [3.8, 4) is 0 Å². The second kappa shape index (κ2) is 36.0.